The molecule has 0 amide bonds. The maximum atomic E-state index is 3.06. The van der Waals surface area contributed by atoms with Crippen LogP contribution in [-0.4, -0.2) is 6.88 Å². The molecule has 0 aliphatic carbocycles. The second-order valence-corrected chi connectivity index (χ2v) is 8.08. The van der Waals surface area contributed by atoms with Crippen LogP contribution in [0.1, 0.15) is 5.56 Å². The maximum absolute atomic E-state index is 3.06. The summed E-state index contributed by atoms with van der Waals surface area (Å²) in [5.74, 6) is 0. The van der Waals surface area contributed by atoms with Gasteiger partial charge >= 0.3 is 30.2 Å². The van der Waals surface area contributed by atoms with E-state index in [2.05, 4.69) is 117 Å². The van der Waals surface area contributed by atoms with Crippen molar-refractivity contribution in [3.63, 3.8) is 0 Å². The van der Waals surface area contributed by atoms with Crippen LogP contribution in [0.15, 0.2) is 152 Å². The van der Waals surface area contributed by atoms with Crippen LogP contribution in [0.25, 0.3) is 32.3 Å². The van der Waals surface area contributed by atoms with Crippen LogP contribution in [0.5, 0.6) is 0 Å². The van der Waals surface area contributed by atoms with Gasteiger partial charge in [-0.05, 0) is 0 Å². The van der Waals surface area contributed by atoms with Gasteiger partial charge in [-0.25, -0.2) is 0 Å². The fourth-order valence-electron chi connectivity index (χ4n) is 3.89. The van der Waals surface area contributed by atoms with Gasteiger partial charge in [-0.15, -0.1) is 99.6 Å². The molecule has 0 aliphatic rings. The van der Waals surface area contributed by atoms with Crippen molar-refractivity contribution in [1.29, 1.82) is 0 Å². The molecule has 0 N–H and O–H groups in total. The minimum absolute atomic E-state index is 0. The van der Waals surface area contributed by atoms with Gasteiger partial charge in [-0.1, -0.05) is 49.4 Å². The molecule has 0 saturated heterocycles. The molecule has 0 aliphatic heterocycles. The van der Waals surface area contributed by atoms with E-state index in [0.717, 1.165) is 0 Å². The van der Waals surface area contributed by atoms with E-state index >= 15 is 0 Å². The third-order valence-corrected chi connectivity index (χ3v) is 5.64. The molecule has 2 radical (unpaired) electrons. The largest absolute Gasteiger partial charge is 0.184 e. The normalized spacial score (nSPS) is 8.92. The van der Waals surface area contributed by atoms with Crippen molar-refractivity contribution in [3.05, 3.63) is 169 Å². The summed E-state index contributed by atoms with van der Waals surface area (Å²) in [5.41, 5.74) is 1.37. The first-order chi connectivity index (χ1) is 18.3. The number of rotatable bonds is 0. The van der Waals surface area contributed by atoms with E-state index in [1.165, 1.54) is 61.2 Å². The van der Waals surface area contributed by atoms with E-state index < -0.39 is 0 Å². The van der Waals surface area contributed by atoms with Crippen LogP contribution in [0.2, 0.25) is 0 Å². The van der Waals surface area contributed by atoms with E-state index in [-0.39, 0.29) is 24.8 Å². The van der Waals surface area contributed by atoms with Crippen LogP contribution >= 0.6 is 24.8 Å². The summed E-state index contributed by atoms with van der Waals surface area (Å²) >= 11 is 1.36. The minimum atomic E-state index is 0. The molecule has 7 aromatic rings. The van der Waals surface area contributed by atoms with Gasteiger partial charge in [-0.2, -0.15) is 84.4 Å². The fraction of sp³-hybridized carbons (Fsp3) is 0.0286. The van der Waals surface area contributed by atoms with E-state index in [1.807, 2.05) is 60.7 Å². The molecule has 39 heavy (non-hydrogen) atoms. The molecule has 0 fully saturated rings. The average Bonchev–Trinajstić information content (AvgIpc) is 3.57. The van der Waals surface area contributed by atoms with Crippen molar-refractivity contribution in [2.75, 3.05) is 0 Å². The summed E-state index contributed by atoms with van der Waals surface area (Å²) in [7, 11) is 0. The Morgan fingerprint density at radius 1 is 0.513 bits per heavy atom. The Labute approximate surface area is 261 Å². The van der Waals surface area contributed by atoms with Crippen molar-refractivity contribution in [1.82, 2.24) is 0 Å². The molecule has 0 aromatic heterocycles. The van der Waals surface area contributed by atoms with Gasteiger partial charge in [0.1, 0.15) is 0 Å². The van der Waals surface area contributed by atoms with Crippen LogP contribution in [0.3, 0.4) is 0 Å². The molecule has 0 nitrogen and oxygen atoms in total. The molecule has 0 heterocycles. The molecule has 0 saturated carbocycles. The Balaban J connectivity index is 0.000000263. The molecule has 7 rings (SSSR count). The Kier molecular flexibility index (Phi) is 17.8. The van der Waals surface area contributed by atoms with Crippen LogP contribution in [0, 0.1) is 19.1 Å². The number of hydrogen-bond donors (Lipinski definition) is 0. The Hall–Kier alpha value is -2.74. The van der Waals surface area contributed by atoms with E-state index in [4.69, 9.17) is 0 Å². The fourth-order valence-corrected chi connectivity index (χ4v) is 3.89. The first kappa shape index (κ1) is 34.3. The summed E-state index contributed by atoms with van der Waals surface area (Å²) in [6, 6.07) is 57.0. The molecule has 0 spiro atoms. The first-order valence-electron chi connectivity index (χ1n) is 12.0. The van der Waals surface area contributed by atoms with Crippen LogP contribution in [0.4, 0.5) is 0 Å². The summed E-state index contributed by atoms with van der Waals surface area (Å²) in [6.45, 7) is 5.20. The first-order valence-corrected chi connectivity index (χ1v) is 16.2. The number of benzene rings is 5. The molecular weight excluding hydrogens is 611 g/mol. The van der Waals surface area contributed by atoms with E-state index in [0.29, 0.717) is 0 Å². The van der Waals surface area contributed by atoms with Crippen molar-refractivity contribution in [2.24, 2.45) is 0 Å². The Morgan fingerprint density at radius 2 is 0.897 bits per heavy atom. The SMILES string of the molecule is Cc1c[cH-]c2ccccc12.Cl.Cl.[Si]=[Zr].[c-]1ccccc1.[c-]1ccccc1.c1ccc2c(c1)[cH-]c1ccccc12. The topological polar surface area (TPSA) is 0 Å². The standard InChI is InChI=1S/C13H9.C10H9.2C6H5.2ClH.Si.Zr/c1-3-7-12-10(5-1)9-11-6-2-4-8-13(11)12;1-8-6-7-9-4-2-3-5-10(8)9;2*1-2-4-6-5-3-1;;;;/h1-9H;2-7H,1H3;2*1-5H;2*1H;;/q4*-1;;;;. The third-order valence-electron chi connectivity index (χ3n) is 5.64. The maximum Gasteiger partial charge on any atom is -0.0771 e. The van der Waals surface area contributed by atoms with Crippen molar-refractivity contribution >= 4 is 64.0 Å². The summed E-state index contributed by atoms with van der Waals surface area (Å²) in [6.07, 6.45) is 0. The average molecular weight is 641 g/mol. The molecule has 196 valence electrons. The predicted molar refractivity (Wildman–Crippen MR) is 172 cm³/mol. The van der Waals surface area contributed by atoms with Gasteiger partial charge in [0.25, 0.3) is 0 Å². The summed E-state index contributed by atoms with van der Waals surface area (Å²) in [4.78, 5) is 0. The second kappa shape index (κ2) is 20.2. The van der Waals surface area contributed by atoms with Crippen LogP contribution < -0.4 is 0 Å². The molecular formula is C35H30Cl2SiZr-4. The van der Waals surface area contributed by atoms with Crippen molar-refractivity contribution in [3.8, 4) is 0 Å². The van der Waals surface area contributed by atoms with E-state index in [1.54, 1.807) is 0 Å². The van der Waals surface area contributed by atoms with Gasteiger partial charge in [0.2, 0.25) is 0 Å². The molecule has 0 unspecified atom stereocenters. The van der Waals surface area contributed by atoms with Gasteiger partial charge < -0.3 is 0 Å². The summed E-state index contributed by atoms with van der Waals surface area (Å²) < 4.78 is 0. The molecule has 7 aromatic carbocycles. The molecule has 4 heteroatoms. The zero-order valence-corrected chi connectivity index (χ0v) is 26.8. The monoisotopic (exact) mass is 638 g/mol. The number of halogens is 2. The Morgan fingerprint density at radius 3 is 1.26 bits per heavy atom. The van der Waals surface area contributed by atoms with Crippen molar-refractivity contribution < 1.29 is 23.3 Å². The predicted octanol–water partition coefficient (Wildman–Crippen LogP) is 10.0. The second-order valence-electron chi connectivity index (χ2n) is 8.08. The zero-order chi connectivity index (χ0) is 26.1. The number of hydrogen-bond acceptors (Lipinski definition) is 0. The number of aryl methyl sites for hydroxylation is 1. The number of fused-ring (bicyclic) bond motifs is 4. The van der Waals surface area contributed by atoms with E-state index in [9.17, 15) is 0 Å². The molecule has 0 bridgehead atoms. The quantitative estimate of drug-likeness (QED) is 0.114. The van der Waals surface area contributed by atoms with Gasteiger partial charge in [0, 0.05) is 0 Å². The molecule has 0 atom stereocenters. The third kappa shape index (κ3) is 11.1. The minimum Gasteiger partial charge on any atom is -0.184 e. The Bertz CT molecular complexity index is 1440. The smallest absolute Gasteiger partial charge is 0.0771 e. The van der Waals surface area contributed by atoms with Crippen LogP contribution in [-0.2, 0) is 23.3 Å². The van der Waals surface area contributed by atoms with Gasteiger partial charge in [-0.3, -0.25) is 0 Å². The van der Waals surface area contributed by atoms with Gasteiger partial charge in [0.05, 0.1) is 0 Å². The van der Waals surface area contributed by atoms with Gasteiger partial charge in [0.15, 0.2) is 0 Å². The van der Waals surface area contributed by atoms with Crippen molar-refractivity contribution in [2.45, 2.75) is 6.92 Å². The summed E-state index contributed by atoms with van der Waals surface area (Å²) in [5, 5.41) is 8.12. The zero-order valence-electron chi connectivity index (χ0n) is 21.8.